The van der Waals surface area contributed by atoms with Crippen molar-refractivity contribution >= 4 is 28.5 Å². The summed E-state index contributed by atoms with van der Waals surface area (Å²) in [6, 6.07) is 12.0. The van der Waals surface area contributed by atoms with E-state index >= 15 is 0 Å². The molecule has 2 amide bonds. The summed E-state index contributed by atoms with van der Waals surface area (Å²) in [6.07, 6.45) is 1.96. The minimum absolute atomic E-state index is 0.0556. The third-order valence-electron chi connectivity index (χ3n) is 5.46. The van der Waals surface area contributed by atoms with Crippen molar-refractivity contribution in [3.63, 3.8) is 0 Å². The van der Waals surface area contributed by atoms with E-state index < -0.39 is 0 Å². The molecular formula is C21H22ClFN4O. The number of urea groups is 1. The van der Waals surface area contributed by atoms with E-state index in [1.54, 1.807) is 29.1 Å². The molecule has 1 aliphatic heterocycles. The van der Waals surface area contributed by atoms with Crippen LogP contribution in [0.3, 0.4) is 0 Å². The molecule has 28 heavy (non-hydrogen) atoms. The van der Waals surface area contributed by atoms with E-state index in [9.17, 15) is 9.18 Å². The van der Waals surface area contributed by atoms with Crippen LogP contribution < -0.4 is 5.43 Å². The summed E-state index contributed by atoms with van der Waals surface area (Å²) in [5, 5.41) is 3.32. The smallest absolute Gasteiger partial charge is 0.334 e. The number of amides is 2. The maximum Gasteiger partial charge on any atom is 0.334 e. The summed E-state index contributed by atoms with van der Waals surface area (Å²) in [4.78, 5) is 17.9. The van der Waals surface area contributed by atoms with Crippen molar-refractivity contribution in [1.29, 1.82) is 0 Å². The van der Waals surface area contributed by atoms with E-state index in [0.717, 1.165) is 22.0 Å². The van der Waals surface area contributed by atoms with Gasteiger partial charge in [0.1, 0.15) is 5.82 Å². The lowest BCUT2D eigenvalue weighted by atomic mass is 9.84. The van der Waals surface area contributed by atoms with Crippen molar-refractivity contribution in [2.75, 3.05) is 20.1 Å². The van der Waals surface area contributed by atoms with Crippen LogP contribution in [0.1, 0.15) is 24.0 Å². The van der Waals surface area contributed by atoms with Gasteiger partial charge in [-0.3, -0.25) is 5.01 Å². The summed E-state index contributed by atoms with van der Waals surface area (Å²) in [5.74, 6) is -0.437. The molecule has 1 fully saturated rings. The molecule has 2 aromatic carbocycles. The molecule has 1 aliphatic rings. The van der Waals surface area contributed by atoms with Crippen LogP contribution in [0.5, 0.6) is 0 Å². The molecule has 2 N–H and O–H groups in total. The second-order valence-corrected chi connectivity index (χ2v) is 7.38. The largest absolute Gasteiger partial charge is 0.361 e. The van der Waals surface area contributed by atoms with Crippen molar-refractivity contribution in [1.82, 2.24) is 20.3 Å². The lowest BCUT2D eigenvalue weighted by Crippen LogP contribution is -2.46. The Kier molecular flexibility index (Phi) is 5.00. The molecule has 0 spiro atoms. The van der Waals surface area contributed by atoms with Gasteiger partial charge in [-0.05, 0) is 48.4 Å². The predicted octanol–water partition coefficient (Wildman–Crippen LogP) is 4.35. The third kappa shape index (κ3) is 3.12. The molecule has 2 heterocycles. The molecule has 0 saturated carbocycles. The number of carbonyl (C=O) groups excluding carboxylic acids is 1. The first kappa shape index (κ1) is 18.8. The van der Waals surface area contributed by atoms with Gasteiger partial charge in [-0.1, -0.05) is 23.7 Å². The number of rotatable bonds is 5. The Morgan fingerprint density at radius 2 is 2.04 bits per heavy atom. The van der Waals surface area contributed by atoms with Crippen molar-refractivity contribution < 1.29 is 9.18 Å². The van der Waals surface area contributed by atoms with Crippen LogP contribution in [-0.2, 0) is 0 Å². The highest BCUT2D eigenvalue weighted by Gasteiger charge is 2.42. The molecule has 2 unspecified atom stereocenters. The monoisotopic (exact) mass is 400 g/mol. The highest BCUT2D eigenvalue weighted by atomic mass is 35.5. The van der Waals surface area contributed by atoms with Gasteiger partial charge in [-0.25, -0.2) is 14.6 Å². The molecule has 0 bridgehead atoms. The highest BCUT2D eigenvalue weighted by Crippen LogP contribution is 2.38. The molecule has 1 aromatic heterocycles. The van der Waals surface area contributed by atoms with E-state index in [1.807, 2.05) is 31.3 Å². The second kappa shape index (κ2) is 7.45. The molecule has 0 radical (unpaired) electrons. The van der Waals surface area contributed by atoms with Crippen LogP contribution in [-0.4, -0.2) is 47.1 Å². The zero-order valence-electron chi connectivity index (χ0n) is 15.7. The fourth-order valence-corrected chi connectivity index (χ4v) is 4.28. The minimum Gasteiger partial charge on any atom is -0.361 e. The molecule has 146 valence electrons. The van der Waals surface area contributed by atoms with Crippen LogP contribution in [0, 0.1) is 5.82 Å². The van der Waals surface area contributed by atoms with E-state index in [2.05, 4.69) is 10.4 Å². The number of H-pyrrole nitrogens is 1. The average Bonchev–Trinajstić information content (AvgIpc) is 3.24. The van der Waals surface area contributed by atoms with Crippen molar-refractivity contribution in [2.24, 2.45) is 0 Å². The maximum absolute atomic E-state index is 13.6. The predicted molar refractivity (Wildman–Crippen MR) is 109 cm³/mol. The third-order valence-corrected chi connectivity index (χ3v) is 5.70. The Labute approximate surface area is 168 Å². The first-order valence-corrected chi connectivity index (χ1v) is 9.68. The molecule has 4 rings (SSSR count). The maximum atomic E-state index is 13.6. The van der Waals surface area contributed by atoms with Gasteiger partial charge >= 0.3 is 6.03 Å². The van der Waals surface area contributed by atoms with Gasteiger partial charge in [0, 0.05) is 48.2 Å². The van der Waals surface area contributed by atoms with Crippen LogP contribution in [0.2, 0.25) is 5.02 Å². The fourth-order valence-electron chi connectivity index (χ4n) is 4.11. The standard InChI is InChI=1S/C21H22ClFN4O/c1-3-26-12-19(27(24-2)21(26)28)20(13-4-7-15(23)8-5-13)17-11-25-18-9-6-14(22)10-16(17)18/h4-11,19-20,24-25H,3,12H2,1-2H3. The summed E-state index contributed by atoms with van der Waals surface area (Å²) in [5.41, 5.74) is 5.99. The number of hydrogen-bond acceptors (Lipinski definition) is 2. The first-order valence-electron chi connectivity index (χ1n) is 9.31. The van der Waals surface area contributed by atoms with E-state index in [1.165, 1.54) is 12.1 Å². The van der Waals surface area contributed by atoms with Gasteiger partial charge < -0.3 is 9.88 Å². The number of hydrogen-bond donors (Lipinski definition) is 2. The van der Waals surface area contributed by atoms with Crippen LogP contribution in [0.4, 0.5) is 9.18 Å². The highest BCUT2D eigenvalue weighted by molar-refractivity contribution is 6.31. The average molecular weight is 401 g/mol. The Morgan fingerprint density at radius 3 is 2.71 bits per heavy atom. The Hall–Kier alpha value is -2.57. The molecule has 7 heteroatoms. The number of fused-ring (bicyclic) bond motifs is 1. The first-order chi connectivity index (χ1) is 13.5. The molecule has 3 aromatic rings. The zero-order valence-corrected chi connectivity index (χ0v) is 16.5. The lowest BCUT2D eigenvalue weighted by molar-refractivity contribution is 0.164. The van der Waals surface area contributed by atoms with E-state index in [4.69, 9.17) is 11.6 Å². The van der Waals surface area contributed by atoms with Gasteiger partial charge in [0.15, 0.2) is 0 Å². The lowest BCUT2D eigenvalue weighted by Gasteiger charge is -2.30. The Morgan fingerprint density at radius 1 is 1.29 bits per heavy atom. The number of halogens is 2. The molecular weight excluding hydrogens is 379 g/mol. The quantitative estimate of drug-likeness (QED) is 0.668. The number of likely N-dealkylation sites (N-methyl/N-ethyl adjacent to an activating group) is 1. The minimum atomic E-state index is -0.285. The second-order valence-electron chi connectivity index (χ2n) is 6.95. The molecule has 5 nitrogen and oxygen atoms in total. The number of hydrazine groups is 1. The Balaban J connectivity index is 1.88. The number of nitrogens with zero attached hydrogens (tertiary/aromatic N) is 2. The number of carbonyl (C=O) groups is 1. The molecule has 2 atom stereocenters. The normalized spacial score (nSPS) is 18.3. The van der Waals surface area contributed by atoms with Gasteiger partial charge in [-0.2, -0.15) is 0 Å². The summed E-state index contributed by atoms with van der Waals surface area (Å²) >= 11 is 6.25. The van der Waals surface area contributed by atoms with Crippen LogP contribution >= 0.6 is 11.6 Å². The Bertz CT molecular complexity index is 1000. The fraction of sp³-hybridized carbons (Fsp3) is 0.286. The van der Waals surface area contributed by atoms with Crippen LogP contribution in [0.15, 0.2) is 48.7 Å². The van der Waals surface area contributed by atoms with E-state index in [-0.39, 0.29) is 23.8 Å². The zero-order chi connectivity index (χ0) is 19.8. The van der Waals surface area contributed by atoms with Gasteiger partial charge in [0.25, 0.3) is 0 Å². The summed E-state index contributed by atoms with van der Waals surface area (Å²) in [7, 11) is 1.75. The number of aromatic nitrogens is 1. The number of benzene rings is 2. The number of aromatic amines is 1. The van der Waals surface area contributed by atoms with Gasteiger partial charge in [0.2, 0.25) is 0 Å². The summed E-state index contributed by atoms with van der Waals surface area (Å²) in [6.45, 7) is 3.17. The van der Waals surface area contributed by atoms with E-state index in [0.29, 0.717) is 18.1 Å². The van der Waals surface area contributed by atoms with Crippen molar-refractivity contribution in [3.8, 4) is 0 Å². The SMILES string of the molecule is CCN1CC(C(c2ccc(F)cc2)c2c[nH]c3ccc(Cl)cc23)N(NC)C1=O. The van der Waals surface area contributed by atoms with Crippen LogP contribution in [0.25, 0.3) is 10.9 Å². The van der Waals surface area contributed by atoms with Gasteiger partial charge in [0.05, 0.1) is 6.04 Å². The molecule has 1 saturated heterocycles. The topological polar surface area (TPSA) is 51.4 Å². The van der Waals surface area contributed by atoms with Gasteiger partial charge in [-0.15, -0.1) is 0 Å². The summed E-state index contributed by atoms with van der Waals surface area (Å²) < 4.78 is 13.6. The molecule has 0 aliphatic carbocycles. The van der Waals surface area contributed by atoms with Crippen molar-refractivity contribution in [2.45, 2.75) is 18.9 Å². The van der Waals surface area contributed by atoms with Crippen molar-refractivity contribution in [3.05, 3.63) is 70.6 Å². The number of nitrogens with one attached hydrogen (secondary N) is 2.